The van der Waals surface area contributed by atoms with E-state index in [-0.39, 0.29) is 17.9 Å². The molecule has 1 aliphatic rings. The Bertz CT molecular complexity index is 366. The zero-order valence-corrected chi connectivity index (χ0v) is 12.2. The van der Waals surface area contributed by atoms with Crippen LogP contribution in [0.15, 0.2) is 0 Å². The van der Waals surface area contributed by atoms with E-state index >= 15 is 0 Å². The van der Waals surface area contributed by atoms with Gasteiger partial charge in [0.15, 0.2) is 0 Å². The molecular formula is C13H24N2O4. The molecule has 1 fully saturated rings. The molecule has 110 valence electrons. The number of carboxylic acids is 1. The summed E-state index contributed by atoms with van der Waals surface area (Å²) in [7, 11) is 1.78. The molecule has 0 radical (unpaired) electrons. The maximum absolute atomic E-state index is 12.3. The van der Waals surface area contributed by atoms with Crippen molar-refractivity contribution in [3.05, 3.63) is 0 Å². The molecule has 1 amide bonds. The molecule has 2 atom stereocenters. The molecule has 0 aliphatic carbocycles. The molecule has 0 aromatic rings. The van der Waals surface area contributed by atoms with Crippen molar-refractivity contribution >= 4 is 11.9 Å². The summed E-state index contributed by atoms with van der Waals surface area (Å²) in [4.78, 5) is 23.6. The second-order valence-electron chi connectivity index (χ2n) is 6.08. The van der Waals surface area contributed by atoms with Gasteiger partial charge in [-0.15, -0.1) is 0 Å². The van der Waals surface area contributed by atoms with Crippen LogP contribution in [0.4, 0.5) is 0 Å². The van der Waals surface area contributed by atoms with Crippen molar-refractivity contribution < 1.29 is 19.4 Å². The number of carboxylic acid groups (broad SMARTS) is 1. The largest absolute Gasteiger partial charge is 0.481 e. The number of hydrogen-bond donors (Lipinski definition) is 3. The Hall–Kier alpha value is -1.14. The molecule has 3 N–H and O–H groups in total. The van der Waals surface area contributed by atoms with Crippen LogP contribution in [-0.4, -0.2) is 48.8 Å². The fourth-order valence-electron chi connectivity index (χ4n) is 1.92. The second-order valence-corrected chi connectivity index (χ2v) is 6.08. The fourth-order valence-corrected chi connectivity index (χ4v) is 1.92. The highest BCUT2D eigenvalue weighted by molar-refractivity contribution is 5.83. The van der Waals surface area contributed by atoms with Gasteiger partial charge in [0.05, 0.1) is 24.5 Å². The second kappa shape index (κ2) is 5.46. The molecule has 6 heteroatoms. The Balaban J connectivity index is 2.78. The monoisotopic (exact) mass is 272 g/mol. The molecule has 0 spiro atoms. The maximum Gasteiger partial charge on any atom is 0.311 e. The lowest BCUT2D eigenvalue weighted by Gasteiger charge is -2.39. The number of hydrogen-bond acceptors (Lipinski definition) is 4. The summed E-state index contributed by atoms with van der Waals surface area (Å²) >= 11 is 0. The highest BCUT2D eigenvalue weighted by Gasteiger charge is 2.46. The minimum Gasteiger partial charge on any atom is -0.481 e. The number of carbonyl (C=O) groups excluding carboxylic acids is 1. The number of ether oxygens (including phenoxy) is 1. The van der Waals surface area contributed by atoms with E-state index in [2.05, 4.69) is 10.6 Å². The van der Waals surface area contributed by atoms with Crippen molar-refractivity contribution in [2.24, 2.45) is 11.3 Å². The standard InChI is InChI=1S/C13H24N2O4/c1-12(2,11(17)18)13(3,4)15-10(16)8-6-19-7-9(8)14-5/h8-9,14H,6-7H2,1-5H3,(H,15,16)(H,17,18). The number of likely N-dealkylation sites (N-methyl/N-ethyl adjacent to an activating group) is 1. The topological polar surface area (TPSA) is 87.7 Å². The summed E-state index contributed by atoms with van der Waals surface area (Å²) in [5.41, 5.74) is -1.91. The predicted molar refractivity (Wildman–Crippen MR) is 70.8 cm³/mol. The Morgan fingerprint density at radius 3 is 2.26 bits per heavy atom. The number of carbonyl (C=O) groups is 2. The van der Waals surface area contributed by atoms with Gasteiger partial charge in [-0.05, 0) is 34.7 Å². The van der Waals surface area contributed by atoms with Crippen molar-refractivity contribution in [1.29, 1.82) is 0 Å². The third kappa shape index (κ3) is 3.06. The lowest BCUT2D eigenvalue weighted by molar-refractivity contribution is -0.152. The van der Waals surface area contributed by atoms with Crippen molar-refractivity contribution in [1.82, 2.24) is 10.6 Å². The average Bonchev–Trinajstić information content (AvgIpc) is 2.75. The third-order valence-electron chi connectivity index (χ3n) is 4.32. The highest BCUT2D eigenvalue weighted by Crippen LogP contribution is 2.31. The number of rotatable bonds is 5. The maximum atomic E-state index is 12.3. The summed E-state index contributed by atoms with van der Waals surface area (Å²) < 4.78 is 5.29. The number of aliphatic carboxylic acids is 1. The molecule has 1 saturated heterocycles. The van der Waals surface area contributed by atoms with E-state index in [4.69, 9.17) is 4.74 Å². The van der Waals surface area contributed by atoms with Gasteiger partial charge in [0, 0.05) is 11.6 Å². The van der Waals surface area contributed by atoms with Gasteiger partial charge in [0.2, 0.25) is 5.91 Å². The van der Waals surface area contributed by atoms with E-state index in [0.717, 1.165) is 0 Å². The molecule has 19 heavy (non-hydrogen) atoms. The first-order chi connectivity index (χ1) is 8.63. The van der Waals surface area contributed by atoms with E-state index in [9.17, 15) is 14.7 Å². The van der Waals surface area contributed by atoms with Gasteiger partial charge in [-0.1, -0.05) is 0 Å². The third-order valence-corrected chi connectivity index (χ3v) is 4.32. The Morgan fingerprint density at radius 2 is 1.79 bits per heavy atom. The zero-order valence-electron chi connectivity index (χ0n) is 12.2. The Kier molecular flexibility index (Phi) is 4.58. The van der Waals surface area contributed by atoms with Crippen molar-refractivity contribution in [3.63, 3.8) is 0 Å². The average molecular weight is 272 g/mol. The summed E-state index contributed by atoms with van der Waals surface area (Å²) in [5, 5.41) is 15.1. The van der Waals surface area contributed by atoms with Crippen LogP contribution in [0.5, 0.6) is 0 Å². The molecule has 6 nitrogen and oxygen atoms in total. The van der Waals surface area contributed by atoms with Gasteiger partial charge in [-0.3, -0.25) is 9.59 Å². The molecule has 1 aliphatic heterocycles. The van der Waals surface area contributed by atoms with Crippen molar-refractivity contribution in [3.8, 4) is 0 Å². The van der Waals surface area contributed by atoms with Crippen LogP contribution in [0, 0.1) is 11.3 Å². The van der Waals surface area contributed by atoms with Crippen molar-refractivity contribution in [2.45, 2.75) is 39.3 Å². The van der Waals surface area contributed by atoms with Gasteiger partial charge in [0.1, 0.15) is 0 Å². The molecule has 0 bridgehead atoms. The van der Waals surface area contributed by atoms with Gasteiger partial charge >= 0.3 is 5.97 Å². The minimum absolute atomic E-state index is 0.0243. The summed E-state index contributed by atoms with van der Waals surface area (Å²) in [6.45, 7) is 7.53. The van der Waals surface area contributed by atoms with Crippen molar-refractivity contribution in [2.75, 3.05) is 20.3 Å². The number of amides is 1. The molecule has 1 heterocycles. The van der Waals surface area contributed by atoms with Crippen LogP contribution in [0.2, 0.25) is 0 Å². The van der Waals surface area contributed by atoms with Gasteiger partial charge in [-0.25, -0.2) is 0 Å². The van der Waals surface area contributed by atoms with Crippen LogP contribution in [0.1, 0.15) is 27.7 Å². The lowest BCUT2D eigenvalue weighted by Crippen LogP contribution is -2.59. The molecule has 2 unspecified atom stereocenters. The molecule has 0 saturated carbocycles. The smallest absolute Gasteiger partial charge is 0.311 e. The van der Waals surface area contributed by atoms with Gasteiger partial charge in [-0.2, -0.15) is 0 Å². The summed E-state index contributed by atoms with van der Waals surface area (Å²) in [5.74, 6) is -1.39. The highest BCUT2D eigenvalue weighted by atomic mass is 16.5. The van der Waals surface area contributed by atoms with Crippen LogP contribution in [-0.2, 0) is 14.3 Å². The van der Waals surface area contributed by atoms with E-state index in [1.54, 1.807) is 34.7 Å². The van der Waals surface area contributed by atoms with E-state index in [0.29, 0.717) is 13.2 Å². The van der Waals surface area contributed by atoms with Crippen LogP contribution < -0.4 is 10.6 Å². The Labute approximate surface area is 113 Å². The fraction of sp³-hybridized carbons (Fsp3) is 0.846. The Morgan fingerprint density at radius 1 is 1.21 bits per heavy atom. The minimum atomic E-state index is -1.06. The lowest BCUT2D eigenvalue weighted by atomic mass is 9.74. The van der Waals surface area contributed by atoms with E-state index < -0.39 is 16.9 Å². The van der Waals surface area contributed by atoms with E-state index in [1.807, 2.05) is 0 Å². The first kappa shape index (κ1) is 15.9. The molecule has 0 aromatic carbocycles. The van der Waals surface area contributed by atoms with Gasteiger partial charge in [0.25, 0.3) is 0 Å². The molecular weight excluding hydrogens is 248 g/mol. The van der Waals surface area contributed by atoms with Crippen LogP contribution >= 0.6 is 0 Å². The quantitative estimate of drug-likeness (QED) is 0.666. The zero-order chi connectivity index (χ0) is 14.8. The first-order valence-corrected chi connectivity index (χ1v) is 6.44. The predicted octanol–water partition coefficient (Wildman–Crippen LogP) is 0.226. The van der Waals surface area contributed by atoms with Gasteiger partial charge < -0.3 is 20.5 Å². The number of nitrogens with one attached hydrogen (secondary N) is 2. The van der Waals surface area contributed by atoms with E-state index in [1.165, 1.54) is 0 Å². The normalized spacial score (nSPS) is 24.3. The van der Waals surface area contributed by atoms with Crippen LogP contribution in [0.3, 0.4) is 0 Å². The molecule has 1 rings (SSSR count). The summed E-state index contributed by atoms with van der Waals surface area (Å²) in [6.07, 6.45) is 0. The SMILES string of the molecule is CNC1COCC1C(=O)NC(C)(C)C(C)(C)C(=O)O. The summed E-state index contributed by atoms with van der Waals surface area (Å²) in [6, 6.07) is -0.0243. The first-order valence-electron chi connectivity index (χ1n) is 6.44. The van der Waals surface area contributed by atoms with Crippen LogP contribution in [0.25, 0.3) is 0 Å². The molecule has 0 aromatic heterocycles.